The van der Waals surface area contributed by atoms with Gasteiger partial charge in [0.25, 0.3) is 0 Å². The maximum atomic E-state index is 13.3. The number of anilines is 1. The van der Waals surface area contributed by atoms with Gasteiger partial charge < -0.3 is 10.6 Å². The monoisotopic (exact) mass is 556 g/mol. The molecule has 200 valence electrons. The van der Waals surface area contributed by atoms with E-state index in [9.17, 15) is 14.4 Å². The zero-order valence-electron chi connectivity index (χ0n) is 20.7. The molecule has 1 unspecified atom stereocenters. The summed E-state index contributed by atoms with van der Waals surface area (Å²) in [5.74, 6) is -1.29. The highest BCUT2D eigenvalue weighted by atomic mass is 35.5. The van der Waals surface area contributed by atoms with Crippen molar-refractivity contribution in [2.45, 2.75) is 12.5 Å². The van der Waals surface area contributed by atoms with Crippen molar-refractivity contribution in [3.63, 3.8) is 0 Å². The van der Waals surface area contributed by atoms with Gasteiger partial charge in [-0.15, -0.1) is 5.10 Å². The molecule has 5 aromatic rings. The number of aromatic nitrogens is 6. The van der Waals surface area contributed by atoms with E-state index < -0.39 is 23.6 Å². The van der Waals surface area contributed by atoms with E-state index in [0.717, 1.165) is 5.56 Å². The topological polar surface area (TPSA) is 161 Å². The van der Waals surface area contributed by atoms with Gasteiger partial charge in [0, 0.05) is 34.3 Å². The summed E-state index contributed by atoms with van der Waals surface area (Å²) in [6.07, 6.45) is 4.58. The Hall–Kier alpha value is -5.36. The number of amides is 2. The molecule has 2 heterocycles. The van der Waals surface area contributed by atoms with Gasteiger partial charge in [0.15, 0.2) is 5.82 Å². The molecular formula is C27H21ClN8O4. The molecule has 2 aromatic heterocycles. The third-order valence-electron chi connectivity index (χ3n) is 5.78. The van der Waals surface area contributed by atoms with E-state index in [4.69, 9.17) is 11.6 Å². The molecule has 13 heteroatoms. The normalized spacial score (nSPS) is 11.8. The maximum Gasteiger partial charge on any atom is 0.439 e. The van der Waals surface area contributed by atoms with Gasteiger partial charge in [0.1, 0.15) is 12.4 Å². The number of nitrogens with zero attached hydrogens (tertiary/aromatic N) is 5. The van der Waals surface area contributed by atoms with E-state index in [1.807, 2.05) is 30.3 Å². The summed E-state index contributed by atoms with van der Waals surface area (Å²) in [4.78, 5) is 39.9. The number of tetrazole rings is 1. The minimum Gasteiger partial charge on any atom is -0.340 e. The summed E-state index contributed by atoms with van der Waals surface area (Å²) in [6, 6.07) is 20.2. The lowest BCUT2D eigenvalue weighted by atomic mass is 10.0. The van der Waals surface area contributed by atoms with Gasteiger partial charge in [0.2, 0.25) is 11.8 Å². The van der Waals surface area contributed by atoms with Crippen LogP contribution in [0.5, 0.6) is 0 Å². The lowest BCUT2D eigenvalue weighted by molar-refractivity contribution is -0.123. The fraction of sp³-hybridized carbons (Fsp3) is 0.0741. The molecule has 40 heavy (non-hydrogen) atoms. The Bertz CT molecular complexity index is 1700. The third-order valence-corrected chi connectivity index (χ3v) is 6.02. The first-order valence-electron chi connectivity index (χ1n) is 12.0. The van der Waals surface area contributed by atoms with E-state index >= 15 is 0 Å². The zero-order valence-corrected chi connectivity index (χ0v) is 21.4. The summed E-state index contributed by atoms with van der Waals surface area (Å²) in [7, 11) is 0. The Labute approximate surface area is 231 Å². The lowest BCUT2D eigenvalue weighted by Gasteiger charge is -2.18. The number of H-pyrrole nitrogens is 1. The van der Waals surface area contributed by atoms with Gasteiger partial charge in [-0.05, 0) is 64.5 Å². The summed E-state index contributed by atoms with van der Waals surface area (Å²) in [5, 5.41) is 20.9. The number of carbonyl (C=O) groups is 2. The molecule has 0 aliphatic carbocycles. The first-order valence-corrected chi connectivity index (χ1v) is 12.3. The van der Waals surface area contributed by atoms with Crippen LogP contribution >= 0.6 is 11.6 Å². The molecule has 12 nitrogen and oxygen atoms in total. The van der Waals surface area contributed by atoms with Gasteiger partial charge in [-0.25, -0.2) is 4.79 Å². The summed E-state index contributed by atoms with van der Waals surface area (Å²) in [5.41, 5.74) is 3.19. The smallest absolute Gasteiger partial charge is 0.340 e. The minimum atomic E-state index is -0.885. The molecule has 1 atom stereocenters. The molecule has 0 saturated carbocycles. The van der Waals surface area contributed by atoms with E-state index in [1.165, 1.54) is 17.1 Å². The summed E-state index contributed by atoms with van der Waals surface area (Å²) >= 11 is 6.16. The molecule has 5 rings (SSSR count). The number of benzene rings is 3. The highest BCUT2D eigenvalue weighted by Crippen LogP contribution is 2.21. The Morgan fingerprint density at radius 2 is 1.88 bits per heavy atom. The van der Waals surface area contributed by atoms with Crippen LogP contribution in [0.25, 0.3) is 23.2 Å². The fourth-order valence-electron chi connectivity index (χ4n) is 3.88. The number of rotatable bonds is 9. The standard InChI is InChI=1S/C27H21ClN8O4/c28-20-9-12-23(36-16-29-34-35-36)19(15-20)8-13-24(37)31-22(14-17-4-2-1-3-5-17)26(38)30-21-10-6-18(7-11-21)25-32-27(39)40-33-25/h1-13,15-16,22H,14H2,(H,30,38)(H,31,37)(H,32,33,39)/b13-8+. The first-order chi connectivity index (χ1) is 19.4. The van der Waals surface area contributed by atoms with Crippen LogP contribution in [0.3, 0.4) is 0 Å². The van der Waals surface area contributed by atoms with E-state index in [1.54, 1.807) is 48.5 Å². The van der Waals surface area contributed by atoms with Crippen LogP contribution in [0.1, 0.15) is 11.1 Å². The highest BCUT2D eigenvalue weighted by Gasteiger charge is 2.21. The average Bonchev–Trinajstić information content (AvgIpc) is 3.65. The molecule has 3 aromatic carbocycles. The molecule has 3 N–H and O–H groups in total. The summed E-state index contributed by atoms with van der Waals surface area (Å²) in [6.45, 7) is 0. The predicted octanol–water partition coefficient (Wildman–Crippen LogP) is 3.04. The lowest BCUT2D eigenvalue weighted by Crippen LogP contribution is -2.44. The van der Waals surface area contributed by atoms with Gasteiger partial charge in [0.05, 0.1) is 5.69 Å². The number of hydrogen-bond acceptors (Lipinski definition) is 8. The van der Waals surface area contributed by atoms with Crippen molar-refractivity contribution in [2.24, 2.45) is 0 Å². The molecule has 0 saturated heterocycles. The highest BCUT2D eigenvalue weighted by molar-refractivity contribution is 6.30. The van der Waals surface area contributed by atoms with Gasteiger partial charge in [-0.1, -0.05) is 47.1 Å². The van der Waals surface area contributed by atoms with Crippen molar-refractivity contribution >= 4 is 35.2 Å². The summed E-state index contributed by atoms with van der Waals surface area (Å²) < 4.78 is 5.97. The van der Waals surface area contributed by atoms with Crippen LogP contribution in [0.2, 0.25) is 5.02 Å². The van der Waals surface area contributed by atoms with Crippen LogP contribution in [-0.4, -0.2) is 48.2 Å². The van der Waals surface area contributed by atoms with Crippen LogP contribution in [0.15, 0.2) is 94.5 Å². The van der Waals surface area contributed by atoms with Crippen molar-refractivity contribution in [2.75, 3.05) is 5.32 Å². The first kappa shape index (κ1) is 26.3. The second-order valence-corrected chi connectivity index (χ2v) is 8.99. The van der Waals surface area contributed by atoms with Gasteiger partial charge in [-0.3, -0.25) is 19.1 Å². The Morgan fingerprint density at radius 1 is 1.07 bits per heavy atom. The second-order valence-electron chi connectivity index (χ2n) is 8.55. The largest absolute Gasteiger partial charge is 0.439 e. The average molecular weight is 557 g/mol. The van der Waals surface area contributed by atoms with E-state index in [2.05, 4.69) is 40.8 Å². The van der Waals surface area contributed by atoms with E-state index in [-0.39, 0.29) is 12.2 Å². The molecule has 0 radical (unpaired) electrons. The zero-order chi connectivity index (χ0) is 27.9. The molecule has 0 fully saturated rings. The quantitative estimate of drug-likeness (QED) is 0.233. The maximum absolute atomic E-state index is 13.3. The fourth-order valence-corrected chi connectivity index (χ4v) is 4.06. The SMILES string of the molecule is O=C(/C=C/c1cc(Cl)ccc1-n1cnnn1)NC(Cc1ccccc1)C(=O)Nc1ccc(-c2noc(=O)[nH]2)cc1. The van der Waals surface area contributed by atoms with Crippen LogP contribution in [0, 0.1) is 0 Å². The third kappa shape index (κ3) is 6.55. The Balaban J connectivity index is 1.32. The molecule has 2 amide bonds. The van der Waals surface area contributed by atoms with Gasteiger partial charge in [-0.2, -0.15) is 4.68 Å². The van der Waals surface area contributed by atoms with Crippen LogP contribution in [0.4, 0.5) is 5.69 Å². The minimum absolute atomic E-state index is 0.261. The number of nitrogens with one attached hydrogen (secondary N) is 3. The van der Waals surface area contributed by atoms with E-state index in [0.29, 0.717) is 27.5 Å². The van der Waals surface area contributed by atoms with Crippen LogP contribution < -0.4 is 16.4 Å². The number of carbonyl (C=O) groups excluding carboxylic acids is 2. The number of hydrogen-bond donors (Lipinski definition) is 3. The van der Waals surface area contributed by atoms with Crippen molar-refractivity contribution in [3.8, 4) is 17.1 Å². The predicted molar refractivity (Wildman–Crippen MR) is 146 cm³/mol. The molecule has 0 aliphatic rings. The van der Waals surface area contributed by atoms with Crippen molar-refractivity contribution < 1.29 is 14.1 Å². The van der Waals surface area contributed by atoms with Crippen molar-refractivity contribution in [1.82, 2.24) is 35.7 Å². The molecule has 0 bridgehead atoms. The number of aromatic amines is 1. The molecule has 0 spiro atoms. The second kappa shape index (κ2) is 12.0. The van der Waals surface area contributed by atoms with Crippen molar-refractivity contribution in [1.29, 1.82) is 0 Å². The van der Waals surface area contributed by atoms with Crippen LogP contribution in [-0.2, 0) is 16.0 Å². The Kier molecular flexibility index (Phi) is 7.88. The molecular weight excluding hydrogens is 536 g/mol. The number of halogens is 1. The van der Waals surface area contributed by atoms with Crippen molar-refractivity contribution in [3.05, 3.63) is 112 Å². The van der Waals surface area contributed by atoms with Gasteiger partial charge >= 0.3 is 5.76 Å². The Morgan fingerprint density at radius 3 is 2.58 bits per heavy atom. The molecule has 0 aliphatic heterocycles.